The Bertz CT molecular complexity index is 1260. The number of carbonyl (C=O) groups is 1. The third-order valence-corrected chi connectivity index (χ3v) is 6.58. The number of aryl methyl sites for hydroxylation is 1. The van der Waals surface area contributed by atoms with Gasteiger partial charge in [-0.15, -0.1) is 0 Å². The fourth-order valence-corrected chi connectivity index (χ4v) is 4.58. The standard InChI is InChI=1S/C25H30N6O3/c1-17-13-23(32)28-22-4-3-18(14-20(17)22)27-25(33)21-15-19(30-7-5-29(2)6-8-30)16-26-24(21)31-9-11-34-12-10-31/h3-4,13-16H,5-12H2,1-2H3,(H,27,33)(H,28,32). The van der Waals surface area contributed by atoms with E-state index in [0.29, 0.717) is 43.4 Å². The largest absolute Gasteiger partial charge is 0.378 e. The maximum atomic E-state index is 13.5. The number of benzene rings is 1. The first kappa shape index (κ1) is 22.4. The van der Waals surface area contributed by atoms with Gasteiger partial charge in [0.1, 0.15) is 5.82 Å². The van der Waals surface area contributed by atoms with Gasteiger partial charge in [-0.2, -0.15) is 0 Å². The molecule has 0 radical (unpaired) electrons. The van der Waals surface area contributed by atoms with Crippen molar-refractivity contribution in [2.75, 3.05) is 74.6 Å². The van der Waals surface area contributed by atoms with E-state index in [1.165, 1.54) is 0 Å². The van der Waals surface area contributed by atoms with E-state index >= 15 is 0 Å². The van der Waals surface area contributed by atoms with Crippen LogP contribution in [0.15, 0.2) is 41.3 Å². The lowest BCUT2D eigenvalue weighted by molar-refractivity contribution is 0.102. The third kappa shape index (κ3) is 4.62. The maximum absolute atomic E-state index is 13.5. The number of hydrogen-bond donors (Lipinski definition) is 2. The van der Waals surface area contributed by atoms with E-state index in [4.69, 9.17) is 9.72 Å². The fourth-order valence-electron chi connectivity index (χ4n) is 4.58. The Hall–Kier alpha value is -3.43. The summed E-state index contributed by atoms with van der Waals surface area (Å²) in [6.07, 6.45) is 1.88. The lowest BCUT2D eigenvalue weighted by Gasteiger charge is -2.35. The van der Waals surface area contributed by atoms with Crippen molar-refractivity contribution in [3.8, 4) is 0 Å². The summed E-state index contributed by atoms with van der Waals surface area (Å²) < 4.78 is 5.50. The van der Waals surface area contributed by atoms with E-state index in [1.807, 2.05) is 37.4 Å². The molecule has 1 aromatic carbocycles. The average Bonchev–Trinajstić information content (AvgIpc) is 2.85. The molecule has 0 spiro atoms. The van der Waals surface area contributed by atoms with Crippen molar-refractivity contribution in [1.82, 2.24) is 14.9 Å². The number of ether oxygens (including phenoxy) is 1. The number of morpholine rings is 1. The average molecular weight is 463 g/mol. The number of anilines is 3. The molecule has 5 rings (SSSR count). The van der Waals surface area contributed by atoms with Gasteiger partial charge >= 0.3 is 0 Å². The van der Waals surface area contributed by atoms with Crippen LogP contribution in [-0.2, 0) is 4.74 Å². The van der Waals surface area contributed by atoms with E-state index in [-0.39, 0.29) is 11.5 Å². The first-order valence-corrected chi connectivity index (χ1v) is 11.7. The van der Waals surface area contributed by atoms with Crippen LogP contribution in [0.5, 0.6) is 0 Å². The van der Waals surface area contributed by atoms with Gasteiger partial charge in [0.05, 0.1) is 30.7 Å². The molecule has 9 nitrogen and oxygen atoms in total. The predicted molar refractivity (Wildman–Crippen MR) is 134 cm³/mol. The zero-order valence-electron chi connectivity index (χ0n) is 19.6. The van der Waals surface area contributed by atoms with Crippen LogP contribution >= 0.6 is 0 Å². The number of amides is 1. The Labute approximate surface area is 198 Å². The summed E-state index contributed by atoms with van der Waals surface area (Å²) in [5, 5.41) is 3.95. The summed E-state index contributed by atoms with van der Waals surface area (Å²) in [7, 11) is 2.12. The number of hydrogen-bond acceptors (Lipinski definition) is 7. The highest BCUT2D eigenvalue weighted by molar-refractivity contribution is 6.08. The second-order valence-corrected chi connectivity index (χ2v) is 8.99. The van der Waals surface area contributed by atoms with E-state index in [0.717, 1.165) is 48.3 Å². The lowest BCUT2D eigenvalue weighted by Crippen LogP contribution is -2.44. The summed E-state index contributed by atoms with van der Waals surface area (Å²) in [6.45, 7) is 8.28. The molecule has 0 bridgehead atoms. The van der Waals surface area contributed by atoms with Crippen LogP contribution in [-0.4, -0.2) is 80.3 Å². The van der Waals surface area contributed by atoms with Gasteiger partial charge in [-0.05, 0) is 43.8 Å². The van der Waals surface area contributed by atoms with Crippen LogP contribution in [0.25, 0.3) is 10.9 Å². The molecule has 2 fully saturated rings. The molecule has 34 heavy (non-hydrogen) atoms. The van der Waals surface area contributed by atoms with Gasteiger partial charge in [-0.3, -0.25) is 9.59 Å². The first-order valence-electron chi connectivity index (χ1n) is 11.7. The topological polar surface area (TPSA) is 93.8 Å². The Kier molecular flexibility index (Phi) is 6.21. The van der Waals surface area contributed by atoms with Gasteiger partial charge in [0, 0.05) is 61.9 Å². The van der Waals surface area contributed by atoms with Gasteiger partial charge in [0.2, 0.25) is 5.56 Å². The van der Waals surface area contributed by atoms with Crippen molar-refractivity contribution in [1.29, 1.82) is 0 Å². The highest BCUT2D eigenvalue weighted by atomic mass is 16.5. The van der Waals surface area contributed by atoms with Crippen molar-refractivity contribution in [3.05, 3.63) is 58.0 Å². The number of H-pyrrole nitrogens is 1. The van der Waals surface area contributed by atoms with E-state index in [9.17, 15) is 9.59 Å². The molecule has 9 heteroatoms. The number of nitrogens with one attached hydrogen (secondary N) is 2. The van der Waals surface area contributed by atoms with Crippen LogP contribution in [0.2, 0.25) is 0 Å². The summed E-state index contributed by atoms with van der Waals surface area (Å²) >= 11 is 0. The fraction of sp³-hybridized carbons (Fsp3) is 0.400. The number of aromatic nitrogens is 2. The SMILES string of the molecule is Cc1cc(=O)[nH]c2ccc(NC(=O)c3cc(N4CCN(C)CC4)cnc3N3CCOCC3)cc12. The number of likely N-dealkylation sites (N-methyl/N-ethyl adjacent to an activating group) is 1. The summed E-state index contributed by atoms with van der Waals surface area (Å²) in [6, 6.07) is 9.05. The molecule has 0 saturated carbocycles. The molecular formula is C25H30N6O3. The van der Waals surface area contributed by atoms with Gasteiger partial charge in [-0.1, -0.05) is 0 Å². The molecule has 2 N–H and O–H groups in total. The zero-order chi connectivity index (χ0) is 23.7. The summed E-state index contributed by atoms with van der Waals surface area (Å²) in [4.78, 5) is 39.6. The molecule has 2 aliphatic rings. The Morgan fingerprint density at radius 1 is 1.03 bits per heavy atom. The van der Waals surface area contributed by atoms with Crippen molar-refractivity contribution in [2.24, 2.45) is 0 Å². The first-order chi connectivity index (χ1) is 16.5. The van der Waals surface area contributed by atoms with Crippen molar-refractivity contribution in [3.63, 3.8) is 0 Å². The number of fused-ring (bicyclic) bond motifs is 1. The molecule has 178 valence electrons. The minimum absolute atomic E-state index is 0.135. The Morgan fingerprint density at radius 2 is 1.79 bits per heavy atom. The smallest absolute Gasteiger partial charge is 0.259 e. The number of carbonyl (C=O) groups excluding carboxylic acids is 1. The van der Waals surface area contributed by atoms with Gasteiger partial charge < -0.3 is 29.7 Å². The van der Waals surface area contributed by atoms with Gasteiger partial charge in [-0.25, -0.2) is 4.98 Å². The molecule has 2 aromatic heterocycles. The van der Waals surface area contributed by atoms with E-state index in [1.54, 1.807) is 6.07 Å². The number of piperazine rings is 1. The molecule has 1 amide bonds. The zero-order valence-corrected chi connectivity index (χ0v) is 19.6. The predicted octanol–water partition coefficient (Wildman–Crippen LogP) is 2.07. The Balaban J connectivity index is 1.47. The maximum Gasteiger partial charge on any atom is 0.259 e. The normalized spacial score (nSPS) is 17.2. The molecule has 0 unspecified atom stereocenters. The van der Waals surface area contributed by atoms with Crippen LogP contribution in [0.3, 0.4) is 0 Å². The second-order valence-electron chi connectivity index (χ2n) is 8.99. The molecule has 2 saturated heterocycles. The van der Waals surface area contributed by atoms with Gasteiger partial charge in [0.25, 0.3) is 5.91 Å². The van der Waals surface area contributed by atoms with E-state index < -0.39 is 0 Å². The monoisotopic (exact) mass is 462 g/mol. The minimum atomic E-state index is -0.202. The highest BCUT2D eigenvalue weighted by Crippen LogP contribution is 2.27. The second kappa shape index (κ2) is 9.44. The number of pyridine rings is 2. The Morgan fingerprint density at radius 3 is 2.56 bits per heavy atom. The number of rotatable bonds is 4. The lowest BCUT2D eigenvalue weighted by atomic mass is 10.1. The minimum Gasteiger partial charge on any atom is -0.378 e. The number of aromatic amines is 1. The molecule has 4 heterocycles. The van der Waals surface area contributed by atoms with Gasteiger partial charge in [0.15, 0.2) is 0 Å². The van der Waals surface area contributed by atoms with Crippen LogP contribution in [0.1, 0.15) is 15.9 Å². The molecule has 0 atom stereocenters. The summed E-state index contributed by atoms with van der Waals surface area (Å²) in [5.41, 5.74) is 3.66. The van der Waals surface area contributed by atoms with Crippen molar-refractivity contribution >= 4 is 34.0 Å². The molecule has 3 aromatic rings. The van der Waals surface area contributed by atoms with Crippen LogP contribution < -0.4 is 20.7 Å². The van der Waals surface area contributed by atoms with Crippen molar-refractivity contribution in [2.45, 2.75) is 6.92 Å². The molecular weight excluding hydrogens is 432 g/mol. The highest BCUT2D eigenvalue weighted by Gasteiger charge is 2.23. The van der Waals surface area contributed by atoms with Crippen LogP contribution in [0, 0.1) is 6.92 Å². The summed E-state index contributed by atoms with van der Waals surface area (Å²) in [5.74, 6) is 0.478. The van der Waals surface area contributed by atoms with Crippen molar-refractivity contribution < 1.29 is 9.53 Å². The number of nitrogens with zero attached hydrogens (tertiary/aromatic N) is 4. The van der Waals surface area contributed by atoms with E-state index in [2.05, 4.69) is 32.0 Å². The molecule has 0 aliphatic carbocycles. The van der Waals surface area contributed by atoms with Crippen LogP contribution in [0.4, 0.5) is 17.2 Å². The quantitative estimate of drug-likeness (QED) is 0.613. The molecule has 2 aliphatic heterocycles. The third-order valence-electron chi connectivity index (χ3n) is 6.58.